The Morgan fingerprint density at radius 1 is 1.09 bits per heavy atom. The van der Waals surface area contributed by atoms with Crippen LogP contribution in [0.3, 0.4) is 0 Å². The van der Waals surface area contributed by atoms with Gasteiger partial charge in [0, 0.05) is 13.1 Å². The van der Waals surface area contributed by atoms with Gasteiger partial charge in [-0.05, 0) is 42.2 Å². The van der Waals surface area contributed by atoms with Gasteiger partial charge in [0.05, 0.1) is 5.02 Å². The van der Waals surface area contributed by atoms with Gasteiger partial charge in [-0.25, -0.2) is 8.42 Å². The van der Waals surface area contributed by atoms with Crippen molar-refractivity contribution in [2.45, 2.75) is 18.2 Å². The summed E-state index contributed by atoms with van der Waals surface area (Å²) < 4.78 is 27.0. The Morgan fingerprint density at radius 2 is 1.83 bits per heavy atom. The average Bonchev–Trinajstić information content (AvgIpc) is 2.55. The van der Waals surface area contributed by atoms with Gasteiger partial charge < -0.3 is 0 Å². The van der Waals surface area contributed by atoms with Gasteiger partial charge in [0.2, 0.25) is 10.0 Å². The molecule has 0 saturated carbocycles. The van der Waals surface area contributed by atoms with Crippen LogP contribution >= 0.6 is 11.6 Å². The van der Waals surface area contributed by atoms with Crippen LogP contribution in [0.4, 0.5) is 0 Å². The Bertz CT molecular complexity index is 845. The first-order valence-electron chi connectivity index (χ1n) is 7.49. The highest BCUT2D eigenvalue weighted by Gasteiger charge is 2.28. The molecule has 1 heterocycles. The van der Waals surface area contributed by atoms with Crippen molar-refractivity contribution >= 4 is 27.2 Å². The van der Waals surface area contributed by atoms with Crippen LogP contribution in [0.25, 0.3) is 5.57 Å². The third kappa shape index (κ3) is 3.34. The lowest BCUT2D eigenvalue weighted by Crippen LogP contribution is -2.34. The number of nitrogens with zero attached hydrogens (tertiary/aromatic N) is 1. The monoisotopic (exact) mass is 347 g/mol. The van der Waals surface area contributed by atoms with Crippen molar-refractivity contribution in [2.75, 3.05) is 13.1 Å². The molecule has 0 N–H and O–H groups in total. The van der Waals surface area contributed by atoms with Crippen LogP contribution in [0.15, 0.2) is 59.5 Å². The van der Waals surface area contributed by atoms with Crippen LogP contribution in [-0.2, 0) is 10.0 Å². The Balaban J connectivity index is 1.85. The summed E-state index contributed by atoms with van der Waals surface area (Å²) >= 11 is 6.14. The standard InChI is InChI=1S/C18H18ClNO2S/c1-14-7-8-18(17(19)13-14)23(21,22)20-11-9-16(10-12-20)15-5-3-2-4-6-15/h2-9,13H,10-12H2,1H3. The van der Waals surface area contributed by atoms with Gasteiger partial charge in [-0.2, -0.15) is 4.31 Å². The van der Waals surface area contributed by atoms with E-state index < -0.39 is 10.0 Å². The highest BCUT2D eigenvalue weighted by molar-refractivity contribution is 7.89. The number of hydrogen-bond acceptors (Lipinski definition) is 2. The molecule has 0 spiro atoms. The zero-order valence-electron chi connectivity index (χ0n) is 12.9. The fourth-order valence-corrected chi connectivity index (χ4v) is 4.69. The molecule has 5 heteroatoms. The summed E-state index contributed by atoms with van der Waals surface area (Å²) in [5.41, 5.74) is 3.28. The molecule has 3 rings (SSSR count). The van der Waals surface area contributed by atoms with E-state index in [4.69, 9.17) is 11.6 Å². The third-order valence-corrected chi connectivity index (χ3v) is 6.37. The second-order valence-corrected chi connectivity index (χ2v) is 7.96. The smallest absolute Gasteiger partial charge is 0.207 e. The van der Waals surface area contributed by atoms with E-state index in [9.17, 15) is 8.42 Å². The normalized spacial score (nSPS) is 16.2. The molecule has 0 aromatic heterocycles. The summed E-state index contributed by atoms with van der Waals surface area (Å²) in [4.78, 5) is 0.182. The Kier molecular flexibility index (Phi) is 4.57. The number of rotatable bonds is 3. The lowest BCUT2D eigenvalue weighted by Gasteiger charge is -2.26. The Labute approximate surface area is 142 Å². The van der Waals surface area contributed by atoms with Crippen LogP contribution < -0.4 is 0 Å². The molecular weight excluding hydrogens is 330 g/mol. The van der Waals surface area contributed by atoms with Crippen LogP contribution in [0.2, 0.25) is 5.02 Å². The lowest BCUT2D eigenvalue weighted by atomic mass is 10.0. The number of sulfonamides is 1. The van der Waals surface area contributed by atoms with Gasteiger partial charge in [0.1, 0.15) is 4.90 Å². The van der Waals surface area contributed by atoms with E-state index in [1.54, 1.807) is 18.2 Å². The van der Waals surface area contributed by atoms with E-state index in [-0.39, 0.29) is 9.92 Å². The van der Waals surface area contributed by atoms with Crippen LogP contribution in [0.1, 0.15) is 17.5 Å². The molecule has 0 fully saturated rings. The van der Waals surface area contributed by atoms with Gasteiger partial charge in [-0.1, -0.05) is 54.1 Å². The molecule has 0 aliphatic carbocycles. The largest absolute Gasteiger partial charge is 0.244 e. The van der Waals surface area contributed by atoms with E-state index >= 15 is 0 Å². The topological polar surface area (TPSA) is 37.4 Å². The van der Waals surface area contributed by atoms with Crippen LogP contribution in [-0.4, -0.2) is 25.8 Å². The first-order valence-corrected chi connectivity index (χ1v) is 9.31. The maximum absolute atomic E-state index is 12.8. The maximum Gasteiger partial charge on any atom is 0.244 e. The minimum absolute atomic E-state index is 0.182. The average molecular weight is 348 g/mol. The molecule has 0 unspecified atom stereocenters. The molecule has 120 valence electrons. The highest BCUT2D eigenvalue weighted by atomic mass is 35.5. The molecule has 0 bridgehead atoms. The summed E-state index contributed by atoms with van der Waals surface area (Å²) in [7, 11) is -3.56. The molecule has 0 saturated heterocycles. The number of hydrogen-bond donors (Lipinski definition) is 0. The highest BCUT2D eigenvalue weighted by Crippen LogP contribution is 2.29. The second-order valence-electron chi connectivity index (χ2n) is 5.64. The van der Waals surface area contributed by atoms with Gasteiger partial charge in [0.15, 0.2) is 0 Å². The van der Waals surface area contributed by atoms with Gasteiger partial charge in [0.25, 0.3) is 0 Å². The second kappa shape index (κ2) is 6.48. The molecule has 0 amide bonds. The molecule has 23 heavy (non-hydrogen) atoms. The van der Waals surface area contributed by atoms with Crippen molar-refractivity contribution in [1.29, 1.82) is 0 Å². The minimum atomic E-state index is -3.56. The van der Waals surface area contributed by atoms with E-state index in [2.05, 4.69) is 0 Å². The summed E-state index contributed by atoms with van der Waals surface area (Å²) in [5.74, 6) is 0. The minimum Gasteiger partial charge on any atom is -0.207 e. The molecule has 2 aromatic rings. The fourth-order valence-electron chi connectivity index (χ4n) is 2.74. The molecule has 3 nitrogen and oxygen atoms in total. The Hall–Kier alpha value is -1.62. The fraction of sp³-hybridized carbons (Fsp3) is 0.222. The van der Waals surface area contributed by atoms with E-state index in [1.807, 2.05) is 43.3 Å². The van der Waals surface area contributed by atoms with Gasteiger partial charge in [-0.15, -0.1) is 0 Å². The number of aryl methyl sites for hydroxylation is 1. The zero-order chi connectivity index (χ0) is 16.4. The molecule has 1 aliphatic heterocycles. The quantitative estimate of drug-likeness (QED) is 0.837. The van der Waals surface area contributed by atoms with Crippen molar-refractivity contribution < 1.29 is 8.42 Å². The van der Waals surface area contributed by atoms with E-state index in [0.717, 1.165) is 11.1 Å². The van der Waals surface area contributed by atoms with Gasteiger partial charge >= 0.3 is 0 Å². The summed E-state index contributed by atoms with van der Waals surface area (Å²) in [5, 5.41) is 0.280. The molecular formula is C18H18ClNO2S. The number of benzene rings is 2. The first kappa shape index (κ1) is 16.2. The summed E-state index contributed by atoms with van der Waals surface area (Å²) in [6.07, 6.45) is 2.69. The van der Waals surface area contributed by atoms with E-state index in [0.29, 0.717) is 19.5 Å². The molecule has 0 radical (unpaired) electrons. The van der Waals surface area contributed by atoms with Crippen LogP contribution in [0, 0.1) is 6.92 Å². The summed E-state index contributed by atoms with van der Waals surface area (Å²) in [6, 6.07) is 15.1. The predicted molar refractivity (Wildman–Crippen MR) is 94.0 cm³/mol. The SMILES string of the molecule is Cc1ccc(S(=O)(=O)N2CC=C(c3ccccc3)CC2)c(Cl)c1. The predicted octanol–water partition coefficient (Wildman–Crippen LogP) is 4.13. The Morgan fingerprint density at radius 3 is 2.43 bits per heavy atom. The van der Waals surface area contributed by atoms with Crippen molar-refractivity contribution in [3.8, 4) is 0 Å². The molecule has 1 aliphatic rings. The third-order valence-electron chi connectivity index (χ3n) is 4.02. The lowest BCUT2D eigenvalue weighted by molar-refractivity contribution is 0.441. The zero-order valence-corrected chi connectivity index (χ0v) is 14.4. The maximum atomic E-state index is 12.8. The van der Waals surface area contributed by atoms with Crippen molar-refractivity contribution in [1.82, 2.24) is 4.31 Å². The molecule has 0 atom stereocenters. The summed E-state index contributed by atoms with van der Waals surface area (Å²) in [6.45, 7) is 2.72. The molecule has 2 aromatic carbocycles. The van der Waals surface area contributed by atoms with E-state index in [1.165, 1.54) is 9.88 Å². The van der Waals surface area contributed by atoms with Crippen molar-refractivity contribution in [2.24, 2.45) is 0 Å². The van der Waals surface area contributed by atoms with Crippen molar-refractivity contribution in [3.63, 3.8) is 0 Å². The number of halogens is 1. The van der Waals surface area contributed by atoms with Crippen molar-refractivity contribution in [3.05, 3.63) is 70.8 Å². The van der Waals surface area contributed by atoms with Gasteiger partial charge in [-0.3, -0.25) is 0 Å². The first-order chi connectivity index (χ1) is 11.0. The van der Waals surface area contributed by atoms with Crippen LogP contribution in [0.5, 0.6) is 0 Å².